The van der Waals surface area contributed by atoms with Crippen molar-refractivity contribution in [3.8, 4) is 0 Å². The molecule has 0 saturated heterocycles. The van der Waals surface area contributed by atoms with Crippen LogP contribution in [0, 0.1) is 10.1 Å². The molecule has 1 amide bonds. The van der Waals surface area contributed by atoms with Crippen LogP contribution < -0.4 is 5.43 Å². The van der Waals surface area contributed by atoms with Crippen molar-refractivity contribution >= 4 is 39.5 Å². The van der Waals surface area contributed by atoms with Crippen molar-refractivity contribution in [3.63, 3.8) is 0 Å². The van der Waals surface area contributed by atoms with E-state index in [1.54, 1.807) is 13.0 Å². The van der Waals surface area contributed by atoms with E-state index in [4.69, 9.17) is 0 Å². The molecule has 0 aliphatic heterocycles. The zero-order chi connectivity index (χ0) is 17.1. The predicted molar refractivity (Wildman–Crippen MR) is 88.9 cm³/mol. The molecule has 10 heteroatoms. The summed E-state index contributed by atoms with van der Waals surface area (Å²) in [7, 11) is 0. The van der Waals surface area contributed by atoms with Gasteiger partial charge in [0.1, 0.15) is 11.6 Å². The van der Waals surface area contributed by atoms with Gasteiger partial charge >= 0.3 is 5.00 Å². The number of carbonyl (C=O) groups excluding carboxylic acids is 1. The average molecular weight is 344 g/mol. The number of hydrogen-bond donors (Lipinski definition) is 1. The molecule has 0 aliphatic carbocycles. The van der Waals surface area contributed by atoms with Gasteiger partial charge in [0.15, 0.2) is 0 Å². The van der Waals surface area contributed by atoms with Gasteiger partial charge in [-0.25, -0.2) is 10.1 Å². The second-order valence-corrected chi connectivity index (χ2v) is 5.96. The molecular formula is C14H12N6O3S. The number of carbonyl (C=O) groups is 1. The van der Waals surface area contributed by atoms with Crippen LogP contribution in [0.2, 0.25) is 0 Å². The highest BCUT2D eigenvalue weighted by Crippen LogP contribution is 2.22. The number of fused-ring (bicyclic) bond motifs is 1. The highest BCUT2D eigenvalue weighted by atomic mass is 32.1. The number of nitrogens with one attached hydrogen (secondary N) is 1. The second-order valence-electron chi connectivity index (χ2n) is 4.87. The summed E-state index contributed by atoms with van der Waals surface area (Å²) < 4.78 is 1.51. The monoisotopic (exact) mass is 344 g/mol. The zero-order valence-corrected chi connectivity index (χ0v) is 13.3. The van der Waals surface area contributed by atoms with Crippen LogP contribution >= 0.6 is 11.3 Å². The van der Waals surface area contributed by atoms with Crippen molar-refractivity contribution < 1.29 is 9.72 Å². The number of thiophene rings is 1. The van der Waals surface area contributed by atoms with E-state index in [9.17, 15) is 14.9 Å². The fourth-order valence-electron chi connectivity index (χ4n) is 2.05. The number of rotatable bonds is 5. The maximum absolute atomic E-state index is 12.2. The fraction of sp³-hybridized carbons (Fsp3) is 0.143. The van der Waals surface area contributed by atoms with Crippen LogP contribution in [0.15, 0.2) is 41.5 Å². The van der Waals surface area contributed by atoms with E-state index in [1.807, 2.05) is 24.3 Å². The van der Waals surface area contributed by atoms with Gasteiger partial charge < -0.3 is 0 Å². The summed E-state index contributed by atoms with van der Waals surface area (Å²) in [4.78, 5) is 22.9. The van der Waals surface area contributed by atoms with E-state index in [1.165, 1.54) is 17.0 Å². The van der Waals surface area contributed by atoms with Gasteiger partial charge in [-0.05, 0) is 25.1 Å². The summed E-state index contributed by atoms with van der Waals surface area (Å²) in [5.74, 6) is -0.368. The number of nitro groups is 1. The van der Waals surface area contributed by atoms with E-state index in [-0.39, 0.29) is 10.9 Å². The second kappa shape index (κ2) is 6.54. The highest BCUT2D eigenvalue weighted by molar-refractivity contribution is 7.16. The van der Waals surface area contributed by atoms with Gasteiger partial charge in [0.2, 0.25) is 0 Å². The first-order chi connectivity index (χ1) is 11.6. The lowest BCUT2D eigenvalue weighted by atomic mass is 10.3. The Morgan fingerprint density at radius 3 is 2.96 bits per heavy atom. The summed E-state index contributed by atoms with van der Waals surface area (Å²) in [5, 5.41) is 22.4. The van der Waals surface area contributed by atoms with Crippen molar-refractivity contribution in [2.24, 2.45) is 5.10 Å². The Hall–Kier alpha value is -3.14. The SMILES string of the molecule is CC(C(=O)N/N=C\c1ccc([N+](=O)[O-])s1)n1nnc2ccccc21. The molecule has 0 fully saturated rings. The third kappa shape index (κ3) is 3.13. The minimum atomic E-state index is -0.604. The van der Waals surface area contributed by atoms with Crippen molar-refractivity contribution in [2.45, 2.75) is 13.0 Å². The lowest BCUT2D eigenvalue weighted by Gasteiger charge is -2.10. The molecule has 3 aromatic rings. The molecule has 1 unspecified atom stereocenters. The Morgan fingerprint density at radius 2 is 2.21 bits per heavy atom. The largest absolute Gasteiger partial charge is 0.324 e. The highest BCUT2D eigenvalue weighted by Gasteiger charge is 2.18. The van der Waals surface area contributed by atoms with Crippen LogP contribution in [0.3, 0.4) is 0 Å². The fourth-order valence-corrected chi connectivity index (χ4v) is 2.74. The molecule has 1 N–H and O–H groups in total. The maximum atomic E-state index is 12.2. The van der Waals surface area contributed by atoms with Gasteiger partial charge in [0.05, 0.1) is 21.5 Å². The predicted octanol–water partition coefficient (Wildman–Crippen LogP) is 2.11. The van der Waals surface area contributed by atoms with E-state index in [0.717, 1.165) is 16.9 Å². The molecule has 1 aromatic carbocycles. The zero-order valence-electron chi connectivity index (χ0n) is 12.5. The summed E-state index contributed by atoms with van der Waals surface area (Å²) >= 11 is 0.973. The van der Waals surface area contributed by atoms with Gasteiger partial charge in [0, 0.05) is 6.07 Å². The quantitative estimate of drug-likeness (QED) is 0.432. The minimum Gasteiger partial charge on any atom is -0.271 e. The van der Waals surface area contributed by atoms with E-state index in [2.05, 4.69) is 20.8 Å². The summed E-state index contributed by atoms with van der Waals surface area (Å²) in [6.45, 7) is 1.68. The third-order valence-corrected chi connectivity index (χ3v) is 4.25. The topological polar surface area (TPSA) is 115 Å². The van der Waals surface area contributed by atoms with Crippen LogP contribution in [0.5, 0.6) is 0 Å². The van der Waals surface area contributed by atoms with E-state index >= 15 is 0 Å². The van der Waals surface area contributed by atoms with Gasteiger partial charge in [-0.3, -0.25) is 14.9 Å². The summed E-state index contributed by atoms with van der Waals surface area (Å²) in [6.07, 6.45) is 1.36. The molecule has 0 aliphatic rings. The third-order valence-electron chi connectivity index (χ3n) is 3.28. The molecule has 3 rings (SSSR count). The number of hydrazone groups is 1. The molecule has 1 atom stereocenters. The molecule has 2 aromatic heterocycles. The number of nitrogens with zero attached hydrogens (tertiary/aromatic N) is 5. The molecule has 0 bridgehead atoms. The van der Waals surface area contributed by atoms with E-state index in [0.29, 0.717) is 10.4 Å². The van der Waals surface area contributed by atoms with Crippen LogP contribution in [-0.2, 0) is 4.79 Å². The molecule has 9 nitrogen and oxygen atoms in total. The van der Waals surface area contributed by atoms with Gasteiger partial charge in [-0.2, -0.15) is 5.10 Å². The Labute approximate surface area is 139 Å². The van der Waals surface area contributed by atoms with Crippen molar-refractivity contribution in [2.75, 3.05) is 0 Å². The van der Waals surface area contributed by atoms with E-state index < -0.39 is 11.0 Å². The standard InChI is InChI=1S/C14H12N6O3S/c1-9(19-12-5-3-2-4-11(12)16-18-19)14(21)17-15-8-10-6-7-13(24-10)20(22)23/h2-9H,1H3,(H,17,21)/b15-8-. The Balaban J connectivity index is 1.67. The van der Waals surface area contributed by atoms with Gasteiger partial charge in [-0.15, -0.1) is 5.10 Å². The van der Waals surface area contributed by atoms with Gasteiger partial charge in [-0.1, -0.05) is 28.7 Å². The molecule has 2 heterocycles. The number of benzene rings is 1. The number of amides is 1. The van der Waals surface area contributed by atoms with Crippen LogP contribution in [0.1, 0.15) is 17.8 Å². The Kier molecular flexibility index (Phi) is 4.29. The average Bonchev–Trinajstić information content (AvgIpc) is 3.21. The molecule has 122 valence electrons. The van der Waals surface area contributed by atoms with Crippen molar-refractivity contribution in [1.29, 1.82) is 0 Å². The Bertz CT molecular complexity index is 931. The number of aromatic nitrogens is 3. The lowest BCUT2D eigenvalue weighted by molar-refractivity contribution is -0.380. The van der Waals surface area contributed by atoms with Crippen LogP contribution in [0.4, 0.5) is 5.00 Å². The normalized spacial score (nSPS) is 12.5. The maximum Gasteiger partial charge on any atom is 0.324 e. The molecule has 24 heavy (non-hydrogen) atoms. The first-order valence-electron chi connectivity index (χ1n) is 6.93. The van der Waals surface area contributed by atoms with Crippen LogP contribution in [-0.4, -0.2) is 32.0 Å². The number of hydrogen-bond acceptors (Lipinski definition) is 7. The van der Waals surface area contributed by atoms with Crippen molar-refractivity contribution in [3.05, 3.63) is 51.4 Å². The van der Waals surface area contributed by atoms with Crippen molar-refractivity contribution in [1.82, 2.24) is 20.4 Å². The summed E-state index contributed by atoms with van der Waals surface area (Å²) in [5.41, 5.74) is 3.85. The molecule has 0 radical (unpaired) electrons. The number of para-hydroxylation sites is 1. The smallest absolute Gasteiger partial charge is 0.271 e. The van der Waals surface area contributed by atoms with Crippen LogP contribution in [0.25, 0.3) is 11.0 Å². The first-order valence-corrected chi connectivity index (χ1v) is 7.75. The van der Waals surface area contributed by atoms with Gasteiger partial charge in [0.25, 0.3) is 5.91 Å². The Morgan fingerprint density at radius 1 is 1.42 bits per heavy atom. The summed E-state index contributed by atoms with van der Waals surface area (Å²) in [6, 6.07) is 9.67. The lowest BCUT2D eigenvalue weighted by Crippen LogP contribution is -2.28. The minimum absolute atomic E-state index is 0.0187. The molecule has 0 spiro atoms. The molecular weight excluding hydrogens is 332 g/mol. The molecule has 0 saturated carbocycles. The first kappa shape index (κ1) is 15.7.